The third-order valence-corrected chi connectivity index (χ3v) is 4.17. The number of hydrogen-bond acceptors (Lipinski definition) is 5. The lowest BCUT2D eigenvalue weighted by molar-refractivity contribution is -0.148. The van der Waals surface area contributed by atoms with Gasteiger partial charge in [0.15, 0.2) is 6.29 Å². The highest BCUT2D eigenvalue weighted by Gasteiger charge is 2.31. The molecule has 0 spiro atoms. The lowest BCUT2D eigenvalue weighted by atomic mass is 9.84. The maximum absolute atomic E-state index is 12.0. The number of esters is 1. The van der Waals surface area contributed by atoms with E-state index >= 15 is 0 Å². The van der Waals surface area contributed by atoms with Crippen molar-refractivity contribution in [2.45, 2.75) is 51.4 Å². The molecule has 0 aliphatic carbocycles. The summed E-state index contributed by atoms with van der Waals surface area (Å²) < 4.78 is 15.9. The normalized spacial score (nSPS) is 17.2. The Bertz CT molecular complexity index is 503. The molecule has 1 aliphatic heterocycles. The van der Waals surface area contributed by atoms with Crippen molar-refractivity contribution in [2.75, 3.05) is 19.8 Å². The summed E-state index contributed by atoms with van der Waals surface area (Å²) in [5.74, 6) is -0.246. The van der Waals surface area contributed by atoms with Gasteiger partial charge in [-0.05, 0) is 38.3 Å². The minimum Gasteiger partial charge on any atom is -0.465 e. The summed E-state index contributed by atoms with van der Waals surface area (Å²) in [6.07, 6.45) is 0.469. The molecule has 128 valence electrons. The van der Waals surface area contributed by atoms with Gasteiger partial charge >= 0.3 is 5.97 Å². The van der Waals surface area contributed by atoms with Gasteiger partial charge in [0, 0.05) is 6.42 Å². The molecule has 0 aromatic heterocycles. The van der Waals surface area contributed by atoms with E-state index in [0.717, 1.165) is 11.1 Å². The predicted molar refractivity (Wildman–Crippen MR) is 86.0 cm³/mol. The lowest BCUT2D eigenvalue weighted by Gasteiger charge is -2.23. The van der Waals surface area contributed by atoms with Crippen molar-refractivity contribution >= 4 is 5.97 Å². The highest BCUT2D eigenvalue weighted by molar-refractivity contribution is 5.82. The van der Waals surface area contributed by atoms with Gasteiger partial charge < -0.3 is 19.3 Å². The molecular weight excluding hydrogens is 296 g/mol. The Balaban J connectivity index is 1.96. The van der Waals surface area contributed by atoms with Crippen LogP contribution in [0.25, 0.3) is 0 Å². The summed E-state index contributed by atoms with van der Waals surface area (Å²) in [7, 11) is 0. The molecule has 0 unspecified atom stereocenters. The standard InChI is InChI=1S/C18H26O5/c1-4-21-17(20)18(2,3)14-7-5-13(6-8-14)15(19)9-10-16-22-11-12-23-16/h5-8,15-16,19H,4,9-12H2,1-3H3/t15-/m0/s1. The predicted octanol–water partition coefficient (Wildman–Crippen LogP) is 2.71. The van der Waals surface area contributed by atoms with E-state index in [1.807, 2.05) is 38.1 Å². The molecule has 0 amide bonds. The van der Waals surface area contributed by atoms with E-state index in [1.54, 1.807) is 6.92 Å². The number of rotatable bonds is 7. The SMILES string of the molecule is CCOC(=O)C(C)(C)c1ccc([C@@H](O)CCC2OCCO2)cc1. The Morgan fingerprint density at radius 2 is 1.91 bits per heavy atom. The fourth-order valence-corrected chi connectivity index (χ4v) is 2.59. The molecule has 2 rings (SSSR count). The van der Waals surface area contributed by atoms with Crippen LogP contribution in [0.5, 0.6) is 0 Å². The van der Waals surface area contributed by atoms with Crippen LogP contribution in [0.3, 0.4) is 0 Å². The van der Waals surface area contributed by atoms with Crippen molar-refractivity contribution in [2.24, 2.45) is 0 Å². The van der Waals surface area contributed by atoms with Gasteiger partial charge in [-0.3, -0.25) is 4.79 Å². The number of carbonyl (C=O) groups is 1. The van der Waals surface area contributed by atoms with Crippen LogP contribution < -0.4 is 0 Å². The van der Waals surface area contributed by atoms with Crippen LogP contribution >= 0.6 is 0 Å². The molecule has 5 nitrogen and oxygen atoms in total. The summed E-state index contributed by atoms with van der Waals surface area (Å²) in [6, 6.07) is 7.46. The largest absolute Gasteiger partial charge is 0.465 e. The summed E-state index contributed by atoms with van der Waals surface area (Å²) >= 11 is 0. The Hall–Kier alpha value is -1.43. The highest BCUT2D eigenvalue weighted by atomic mass is 16.7. The van der Waals surface area contributed by atoms with Crippen LogP contribution in [0.4, 0.5) is 0 Å². The zero-order valence-corrected chi connectivity index (χ0v) is 14.1. The number of carbonyl (C=O) groups excluding carboxylic acids is 1. The molecule has 1 aromatic rings. The molecule has 1 aromatic carbocycles. The topological polar surface area (TPSA) is 65.0 Å². The average molecular weight is 322 g/mol. The number of benzene rings is 1. The van der Waals surface area contributed by atoms with E-state index in [9.17, 15) is 9.90 Å². The number of hydrogen-bond donors (Lipinski definition) is 1. The smallest absolute Gasteiger partial charge is 0.315 e. The Morgan fingerprint density at radius 3 is 2.48 bits per heavy atom. The molecule has 0 bridgehead atoms. The first kappa shape index (κ1) is 17.9. The summed E-state index contributed by atoms with van der Waals surface area (Å²) in [5.41, 5.74) is 0.992. The Kier molecular flexibility index (Phi) is 6.16. The van der Waals surface area contributed by atoms with E-state index in [-0.39, 0.29) is 12.3 Å². The maximum atomic E-state index is 12.0. The van der Waals surface area contributed by atoms with Crippen molar-refractivity contribution in [3.8, 4) is 0 Å². The molecule has 23 heavy (non-hydrogen) atoms. The van der Waals surface area contributed by atoms with Crippen LogP contribution in [-0.2, 0) is 24.4 Å². The van der Waals surface area contributed by atoms with E-state index < -0.39 is 11.5 Å². The van der Waals surface area contributed by atoms with Crippen molar-refractivity contribution in [3.05, 3.63) is 35.4 Å². The number of ether oxygens (including phenoxy) is 3. The monoisotopic (exact) mass is 322 g/mol. The van der Waals surface area contributed by atoms with Gasteiger partial charge in [-0.1, -0.05) is 24.3 Å². The summed E-state index contributed by atoms with van der Waals surface area (Å²) in [6.45, 7) is 7.09. The van der Waals surface area contributed by atoms with Crippen LogP contribution in [0, 0.1) is 0 Å². The van der Waals surface area contributed by atoms with E-state index in [0.29, 0.717) is 32.7 Å². The van der Waals surface area contributed by atoms with Gasteiger partial charge in [-0.25, -0.2) is 0 Å². The van der Waals surface area contributed by atoms with Gasteiger partial charge in [0.2, 0.25) is 0 Å². The summed E-state index contributed by atoms with van der Waals surface area (Å²) in [4.78, 5) is 12.0. The van der Waals surface area contributed by atoms with E-state index in [2.05, 4.69) is 0 Å². The maximum Gasteiger partial charge on any atom is 0.315 e. The summed E-state index contributed by atoms with van der Waals surface area (Å²) in [5, 5.41) is 10.3. The Morgan fingerprint density at radius 1 is 1.30 bits per heavy atom. The molecule has 1 heterocycles. The van der Waals surface area contributed by atoms with Gasteiger partial charge in [0.1, 0.15) is 0 Å². The van der Waals surface area contributed by atoms with Crippen LogP contribution in [-0.4, -0.2) is 37.2 Å². The third kappa shape index (κ3) is 4.53. The van der Waals surface area contributed by atoms with E-state index in [1.165, 1.54) is 0 Å². The quantitative estimate of drug-likeness (QED) is 0.782. The van der Waals surface area contributed by atoms with Crippen LogP contribution in [0.2, 0.25) is 0 Å². The van der Waals surface area contributed by atoms with E-state index in [4.69, 9.17) is 14.2 Å². The molecule has 1 N–H and O–H groups in total. The van der Waals surface area contributed by atoms with Crippen LogP contribution in [0.15, 0.2) is 24.3 Å². The fourth-order valence-electron chi connectivity index (χ4n) is 2.59. The zero-order chi connectivity index (χ0) is 16.9. The van der Waals surface area contributed by atoms with Crippen molar-refractivity contribution < 1.29 is 24.1 Å². The minimum atomic E-state index is -0.703. The molecule has 1 aliphatic rings. The van der Waals surface area contributed by atoms with Crippen LogP contribution in [0.1, 0.15) is 50.8 Å². The van der Waals surface area contributed by atoms with Gasteiger partial charge in [0.25, 0.3) is 0 Å². The molecule has 1 atom stereocenters. The zero-order valence-electron chi connectivity index (χ0n) is 14.1. The second kappa shape index (κ2) is 7.90. The van der Waals surface area contributed by atoms with Crippen molar-refractivity contribution in [3.63, 3.8) is 0 Å². The third-order valence-electron chi connectivity index (χ3n) is 4.17. The molecule has 5 heteroatoms. The first-order valence-corrected chi connectivity index (χ1v) is 8.14. The van der Waals surface area contributed by atoms with Gasteiger partial charge in [-0.2, -0.15) is 0 Å². The number of aliphatic hydroxyl groups excluding tert-OH is 1. The molecule has 1 saturated heterocycles. The van der Waals surface area contributed by atoms with Gasteiger partial charge in [0.05, 0.1) is 31.3 Å². The Labute approximate surface area is 137 Å². The highest BCUT2D eigenvalue weighted by Crippen LogP contribution is 2.28. The first-order chi connectivity index (χ1) is 10.9. The minimum absolute atomic E-state index is 0.202. The molecule has 0 radical (unpaired) electrons. The molecular formula is C18H26O5. The van der Waals surface area contributed by atoms with Gasteiger partial charge in [-0.15, -0.1) is 0 Å². The molecule has 1 fully saturated rings. The number of aliphatic hydroxyl groups is 1. The first-order valence-electron chi connectivity index (χ1n) is 8.14. The van der Waals surface area contributed by atoms with Crippen molar-refractivity contribution in [1.82, 2.24) is 0 Å². The second-order valence-electron chi connectivity index (χ2n) is 6.23. The molecule has 0 saturated carbocycles. The second-order valence-corrected chi connectivity index (χ2v) is 6.23. The average Bonchev–Trinajstić information content (AvgIpc) is 3.06. The van der Waals surface area contributed by atoms with Crippen molar-refractivity contribution in [1.29, 1.82) is 0 Å². The lowest BCUT2D eigenvalue weighted by Crippen LogP contribution is -2.31. The fraction of sp³-hybridized carbons (Fsp3) is 0.611.